The second kappa shape index (κ2) is 24.0. The number of alkyl halides is 6. The van der Waals surface area contributed by atoms with Gasteiger partial charge in [0.1, 0.15) is 23.0 Å². The number of hydrogen-bond acceptors (Lipinski definition) is 12. The van der Waals surface area contributed by atoms with Crippen LogP contribution in [0.25, 0.3) is 12.2 Å². The molecule has 6 N–H and O–H groups in total. The minimum atomic E-state index is -4.22. The second-order valence-corrected chi connectivity index (χ2v) is 15.7. The molecule has 0 saturated carbocycles. The van der Waals surface area contributed by atoms with Crippen LogP contribution >= 0.6 is 0 Å². The summed E-state index contributed by atoms with van der Waals surface area (Å²) in [6.07, 6.45) is -5.72. The van der Waals surface area contributed by atoms with Gasteiger partial charge in [0.05, 0.1) is 30.3 Å². The Balaban J connectivity index is 1.15. The van der Waals surface area contributed by atoms with Crippen molar-refractivity contribution >= 4 is 47.0 Å². The molecule has 0 heterocycles. The Kier molecular flexibility index (Phi) is 18.3. The number of nitrogen functional groups attached to an aromatic ring is 2. The highest BCUT2D eigenvalue weighted by Gasteiger charge is 2.42. The Morgan fingerprint density at radius 2 is 0.928 bits per heavy atom. The summed E-state index contributed by atoms with van der Waals surface area (Å²) >= 11 is 0. The van der Waals surface area contributed by atoms with E-state index < -0.39 is 66.8 Å². The number of halogens is 6. The molecule has 12 nitrogen and oxygen atoms in total. The molecular formula is C51H48F6N2O10. The zero-order chi connectivity index (χ0) is 50.2. The fourth-order valence-electron chi connectivity index (χ4n) is 6.56. The third kappa shape index (κ3) is 17.6. The molecule has 18 heteroatoms. The molecule has 364 valence electrons. The summed E-state index contributed by atoms with van der Waals surface area (Å²) < 4.78 is 95.6. The lowest BCUT2D eigenvalue weighted by Crippen LogP contribution is -2.44. The van der Waals surface area contributed by atoms with Crippen LogP contribution in [0.3, 0.4) is 0 Å². The van der Waals surface area contributed by atoms with Gasteiger partial charge < -0.3 is 40.6 Å². The summed E-state index contributed by atoms with van der Waals surface area (Å²) in [5, 5.41) is 22.7. The molecule has 0 aliphatic heterocycles. The molecule has 0 bridgehead atoms. The van der Waals surface area contributed by atoms with Gasteiger partial charge in [-0.15, -0.1) is 0 Å². The molecule has 0 radical (unpaired) electrons. The lowest BCUT2D eigenvalue weighted by atomic mass is 9.83. The minimum absolute atomic E-state index is 0.0627. The number of nitrogens with two attached hydrogens (primary N) is 2. The van der Waals surface area contributed by atoms with Crippen LogP contribution in [0.15, 0.2) is 127 Å². The first-order valence-electron chi connectivity index (χ1n) is 21.4. The lowest BCUT2D eigenvalue weighted by Gasteiger charge is -2.29. The molecule has 5 aromatic rings. The molecule has 1 atom stereocenters. The van der Waals surface area contributed by atoms with Crippen LogP contribution in [0.1, 0.15) is 88.3 Å². The van der Waals surface area contributed by atoms with Crippen LogP contribution in [-0.2, 0) is 9.59 Å². The first kappa shape index (κ1) is 52.5. The van der Waals surface area contributed by atoms with E-state index in [1.807, 2.05) is 0 Å². The molecule has 0 spiro atoms. The second-order valence-electron chi connectivity index (χ2n) is 15.7. The number of anilines is 2. The van der Waals surface area contributed by atoms with Gasteiger partial charge in [0.15, 0.2) is 5.78 Å². The number of ether oxygens (including phenoxy) is 4. The fourth-order valence-corrected chi connectivity index (χ4v) is 6.56. The third-order valence-electron chi connectivity index (χ3n) is 10.2. The smallest absolute Gasteiger partial charge is 0.389 e. The Labute approximate surface area is 392 Å². The largest absolute Gasteiger partial charge is 0.494 e. The van der Waals surface area contributed by atoms with E-state index in [4.69, 9.17) is 30.4 Å². The number of carbonyl (C=O) groups is 4. The monoisotopic (exact) mass is 962 g/mol. The number of allylic oxidation sites excluding steroid dienone is 1. The summed E-state index contributed by atoms with van der Waals surface area (Å²) in [6, 6.07) is 27.8. The van der Waals surface area contributed by atoms with Crippen molar-refractivity contribution in [2.45, 2.75) is 69.0 Å². The van der Waals surface area contributed by atoms with Crippen molar-refractivity contribution in [3.8, 4) is 23.0 Å². The normalized spacial score (nSPS) is 12.5. The van der Waals surface area contributed by atoms with Crippen molar-refractivity contribution in [3.63, 3.8) is 0 Å². The highest BCUT2D eigenvalue weighted by atomic mass is 19.4. The molecule has 0 amide bonds. The Bertz CT molecular complexity index is 2560. The molecule has 5 aromatic carbocycles. The van der Waals surface area contributed by atoms with E-state index in [2.05, 4.69) is 0 Å². The van der Waals surface area contributed by atoms with E-state index >= 15 is 0 Å². The topological polar surface area (TPSA) is 198 Å². The van der Waals surface area contributed by atoms with Crippen molar-refractivity contribution in [1.82, 2.24) is 0 Å². The third-order valence-corrected chi connectivity index (χ3v) is 10.2. The summed E-state index contributed by atoms with van der Waals surface area (Å²) in [7, 11) is 0. The van der Waals surface area contributed by atoms with Gasteiger partial charge in [0.2, 0.25) is 11.6 Å². The number of unbranched alkanes of at least 4 members (excludes halogenated alkanes) is 2. The number of benzene rings is 5. The Morgan fingerprint density at radius 3 is 1.33 bits per heavy atom. The molecule has 5 rings (SSSR count). The van der Waals surface area contributed by atoms with E-state index in [-0.39, 0.29) is 78.5 Å². The van der Waals surface area contributed by atoms with Gasteiger partial charge >= 0.3 is 24.3 Å². The number of ketones is 2. The van der Waals surface area contributed by atoms with Crippen molar-refractivity contribution in [2.75, 3.05) is 24.7 Å². The van der Waals surface area contributed by atoms with Gasteiger partial charge in [-0.3, -0.25) is 9.59 Å². The van der Waals surface area contributed by atoms with Crippen LogP contribution < -0.4 is 30.4 Å². The molecule has 0 aromatic heterocycles. The van der Waals surface area contributed by atoms with Crippen LogP contribution in [0.2, 0.25) is 0 Å². The lowest BCUT2D eigenvalue weighted by molar-refractivity contribution is -0.187. The summed E-state index contributed by atoms with van der Waals surface area (Å²) in [5.74, 6) is -6.80. The standard InChI is InChI=1S/C51H48F6N2O10/c52-49(53,54)25-1-3-27-66-41-20-11-35(12-21-41)47(62)68-43-16-6-33(7-17-43)5-15-40(60)32-45(37-29-38(58)31-39(59)30-37)51(64,65)46(61)24-10-34-8-18-44(19-9-34)69-48(63)36-13-22-42(23-14-36)67-28-4-2-26-50(55,56)57/h5-24,29-31,45,64-65H,1-4,25-28,32,58-59H2/b15-5+,24-10+. The highest BCUT2D eigenvalue weighted by molar-refractivity contribution is 6.01. The molecule has 1 unspecified atom stereocenters. The highest BCUT2D eigenvalue weighted by Crippen LogP contribution is 2.35. The maximum absolute atomic E-state index is 13.4. The van der Waals surface area contributed by atoms with Gasteiger partial charge in [-0.2, -0.15) is 26.3 Å². The van der Waals surface area contributed by atoms with E-state index in [1.165, 1.54) is 121 Å². The van der Waals surface area contributed by atoms with Crippen LogP contribution in [-0.4, -0.2) is 65.1 Å². The van der Waals surface area contributed by atoms with Crippen molar-refractivity contribution in [1.29, 1.82) is 0 Å². The van der Waals surface area contributed by atoms with Crippen molar-refractivity contribution in [3.05, 3.63) is 155 Å². The molecule has 0 saturated heterocycles. The quantitative estimate of drug-likeness (QED) is 0.00921. The van der Waals surface area contributed by atoms with Gasteiger partial charge in [0.25, 0.3) is 0 Å². The zero-order valence-corrected chi connectivity index (χ0v) is 36.8. The van der Waals surface area contributed by atoms with E-state index in [0.29, 0.717) is 22.6 Å². The zero-order valence-electron chi connectivity index (χ0n) is 36.8. The Hall–Kier alpha value is -7.44. The first-order chi connectivity index (χ1) is 32.6. The van der Waals surface area contributed by atoms with Gasteiger partial charge in [-0.1, -0.05) is 36.4 Å². The fraction of sp³-hybridized carbons (Fsp3) is 0.255. The van der Waals surface area contributed by atoms with E-state index in [1.54, 1.807) is 12.1 Å². The van der Waals surface area contributed by atoms with Gasteiger partial charge in [0, 0.05) is 30.6 Å². The average Bonchev–Trinajstić information content (AvgIpc) is 3.29. The predicted molar refractivity (Wildman–Crippen MR) is 244 cm³/mol. The number of esters is 2. The number of hydrogen-bond donors (Lipinski definition) is 4. The summed E-state index contributed by atoms with van der Waals surface area (Å²) in [6.45, 7) is 0.161. The minimum Gasteiger partial charge on any atom is -0.494 e. The molecule has 0 aliphatic rings. The van der Waals surface area contributed by atoms with Crippen LogP contribution in [0.4, 0.5) is 37.7 Å². The van der Waals surface area contributed by atoms with Crippen molar-refractivity contribution in [2.24, 2.45) is 0 Å². The number of aliphatic hydroxyl groups is 2. The SMILES string of the molecule is Nc1cc(N)cc(C(CC(=O)/C=C/c2ccc(OC(=O)c3ccc(OCCCCC(F)(F)F)cc3)cc2)C(O)(O)C(=O)/C=C/c2ccc(OC(=O)c3ccc(OCCCCC(F)(F)F)cc3)cc2)c1. The van der Waals surface area contributed by atoms with E-state index in [9.17, 15) is 55.7 Å². The number of rotatable bonds is 23. The molecular weight excluding hydrogens is 915 g/mol. The van der Waals surface area contributed by atoms with Gasteiger partial charge in [-0.25, -0.2) is 9.59 Å². The van der Waals surface area contributed by atoms with Crippen LogP contribution in [0, 0.1) is 0 Å². The van der Waals surface area contributed by atoms with Gasteiger partial charge in [-0.05, 0) is 146 Å². The van der Waals surface area contributed by atoms with Crippen molar-refractivity contribution < 1.29 is 74.7 Å². The maximum atomic E-state index is 13.4. The average molecular weight is 963 g/mol. The summed E-state index contributed by atoms with van der Waals surface area (Å²) in [5.41, 5.74) is 13.6. The Morgan fingerprint density at radius 1 is 0.536 bits per heavy atom. The number of carbonyl (C=O) groups excluding carboxylic acids is 4. The molecule has 0 aliphatic carbocycles. The van der Waals surface area contributed by atoms with E-state index in [0.717, 1.165) is 6.08 Å². The molecule has 69 heavy (non-hydrogen) atoms. The summed E-state index contributed by atoms with van der Waals surface area (Å²) in [4.78, 5) is 52.2. The molecule has 0 fully saturated rings. The predicted octanol–water partition coefficient (Wildman–Crippen LogP) is 10.2. The first-order valence-corrected chi connectivity index (χ1v) is 21.4. The maximum Gasteiger partial charge on any atom is 0.389 e. The van der Waals surface area contributed by atoms with Crippen LogP contribution in [0.5, 0.6) is 23.0 Å².